The summed E-state index contributed by atoms with van der Waals surface area (Å²) in [6, 6.07) is 6.67. The fourth-order valence-corrected chi connectivity index (χ4v) is 1.09. The number of carbonyl (C=O) groups is 1. The molecule has 0 aliphatic rings. The lowest BCUT2D eigenvalue weighted by Gasteiger charge is -2.04. The molecule has 0 spiro atoms. The van der Waals surface area contributed by atoms with E-state index in [1.165, 1.54) is 7.05 Å². The number of benzene rings is 1. The predicted molar refractivity (Wildman–Crippen MR) is 58.0 cm³/mol. The van der Waals surface area contributed by atoms with Gasteiger partial charge in [0, 0.05) is 0 Å². The number of nitrogens with zero attached hydrogens (tertiary/aromatic N) is 2. The number of hydroxylamine groups is 1. The summed E-state index contributed by atoms with van der Waals surface area (Å²) >= 11 is 0. The Labute approximate surface area is 93.1 Å². The molecule has 0 heterocycles. The van der Waals surface area contributed by atoms with Gasteiger partial charge in [0.25, 0.3) is 0 Å². The van der Waals surface area contributed by atoms with Gasteiger partial charge in [-0.25, -0.2) is 4.79 Å². The average molecular weight is 223 g/mol. The molecular weight excluding hydrogens is 210 g/mol. The van der Waals surface area contributed by atoms with E-state index >= 15 is 0 Å². The SMILES string of the molecule is CCOC(=O)c1ccccc1N/N=[N+](\C)[O-]. The molecule has 0 radical (unpaired) electrons. The lowest BCUT2D eigenvalue weighted by atomic mass is 10.2. The van der Waals surface area contributed by atoms with Crippen LogP contribution in [0.4, 0.5) is 5.69 Å². The molecule has 0 aliphatic carbocycles. The van der Waals surface area contributed by atoms with Gasteiger partial charge in [0.2, 0.25) is 0 Å². The number of para-hydroxylation sites is 1. The average Bonchev–Trinajstić information content (AvgIpc) is 2.27. The zero-order valence-electron chi connectivity index (χ0n) is 9.14. The van der Waals surface area contributed by atoms with E-state index in [1.54, 1.807) is 31.2 Å². The van der Waals surface area contributed by atoms with E-state index in [0.29, 0.717) is 22.7 Å². The molecule has 6 nitrogen and oxygen atoms in total. The second-order valence-corrected chi connectivity index (χ2v) is 2.94. The standard InChI is InChI=1S/C10H13N3O3/c1-3-16-10(14)8-6-4-5-7-9(8)11-12-13(2)15/h4-7,11H,3H2,1-2H3/b13-12+. The van der Waals surface area contributed by atoms with Crippen LogP contribution in [0, 0.1) is 5.21 Å². The zero-order valence-corrected chi connectivity index (χ0v) is 9.14. The molecule has 1 aromatic carbocycles. The monoisotopic (exact) mass is 223 g/mol. The van der Waals surface area contributed by atoms with Crippen molar-refractivity contribution < 1.29 is 14.4 Å². The van der Waals surface area contributed by atoms with Crippen molar-refractivity contribution in [2.24, 2.45) is 5.22 Å². The third-order valence-electron chi connectivity index (χ3n) is 1.73. The lowest BCUT2D eigenvalue weighted by Crippen LogP contribution is -2.08. The first kappa shape index (κ1) is 12.0. The number of nitrogens with one attached hydrogen (secondary N) is 1. The molecule has 0 atom stereocenters. The van der Waals surface area contributed by atoms with E-state index in [1.807, 2.05) is 0 Å². The van der Waals surface area contributed by atoms with Crippen LogP contribution in [0.5, 0.6) is 0 Å². The molecule has 16 heavy (non-hydrogen) atoms. The topological polar surface area (TPSA) is 76.8 Å². The molecule has 0 saturated heterocycles. The quantitative estimate of drug-likeness (QED) is 0.365. The van der Waals surface area contributed by atoms with Crippen molar-refractivity contribution in [3.8, 4) is 0 Å². The number of esters is 1. The van der Waals surface area contributed by atoms with Crippen molar-refractivity contribution >= 4 is 11.7 Å². The Bertz CT molecular complexity index is 400. The van der Waals surface area contributed by atoms with Crippen LogP contribution in [0.15, 0.2) is 29.5 Å². The number of hydrogen-bond acceptors (Lipinski definition) is 4. The Kier molecular flexibility index (Phi) is 4.26. The predicted octanol–water partition coefficient (Wildman–Crippen LogP) is 1.78. The Balaban J connectivity index is 2.91. The number of carbonyl (C=O) groups excluding carboxylic acids is 1. The molecule has 86 valence electrons. The van der Waals surface area contributed by atoms with Crippen LogP contribution < -0.4 is 5.43 Å². The molecule has 1 aromatic rings. The smallest absolute Gasteiger partial charge is 0.342 e. The first-order valence-electron chi connectivity index (χ1n) is 4.78. The molecule has 0 amide bonds. The summed E-state index contributed by atoms with van der Waals surface area (Å²) in [6.45, 7) is 2.02. The van der Waals surface area contributed by atoms with Gasteiger partial charge >= 0.3 is 5.97 Å². The number of anilines is 1. The lowest BCUT2D eigenvalue weighted by molar-refractivity contribution is -0.497. The Hall–Kier alpha value is -2.11. The second kappa shape index (κ2) is 5.69. The van der Waals surface area contributed by atoms with Crippen molar-refractivity contribution in [1.82, 2.24) is 0 Å². The summed E-state index contributed by atoms with van der Waals surface area (Å²) < 4.78 is 4.86. The Morgan fingerprint density at radius 3 is 2.88 bits per heavy atom. The molecule has 6 heteroatoms. The molecular formula is C10H13N3O3. The first-order chi connectivity index (χ1) is 7.65. The van der Waals surface area contributed by atoms with Gasteiger partial charge in [0.15, 0.2) is 5.69 Å². The molecule has 1 N–H and O–H groups in total. The first-order valence-corrected chi connectivity index (χ1v) is 4.78. The van der Waals surface area contributed by atoms with Crippen molar-refractivity contribution in [1.29, 1.82) is 0 Å². The third-order valence-corrected chi connectivity index (χ3v) is 1.73. The van der Waals surface area contributed by atoms with Gasteiger partial charge in [0.05, 0.1) is 11.8 Å². The molecule has 0 saturated carbocycles. The summed E-state index contributed by atoms with van der Waals surface area (Å²) in [6.07, 6.45) is 0. The third kappa shape index (κ3) is 3.23. The highest BCUT2D eigenvalue weighted by molar-refractivity contribution is 5.95. The summed E-state index contributed by atoms with van der Waals surface area (Å²) in [5, 5.41) is 14.0. The number of rotatable bonds is 4. The highest BCUT2D eigenvalue weighted by Crippen LogP contribution is 2.16. The van der Waals surface area contributed by atoms with Crippen LogP contribution in [-0.2, 0) is 4.74 Å². The fourth-order valence-electron chi connectivity index (χ4n) is 1.09. The van der Waals surface area contributed by atoms with E-state index in [4.69, 9.17) is 4.74 Å². The van der Waals surface area contributed by atoms with E-state index in [9.17, 15) is 10.0 Å². The van der Waals surface area contributed by atoms with Crippen LogP contribution in [0.25, 0.3) is 0 Å². The van der Waals surface area contributed by atoms with Crippen molar-refractivity contribution in [2.75, 3.05) is 19.1 Å². The van der Waals surface area contributed by atoms with E-state index in [0.717, 1.165) is 0 Å². The van der Waals surface area contributed by atoms with Gasteiger partial charge in [-0.15, -0.1) is 5.43 Å². The maximum Gasteiger partial charge on any atom is 0.342 e. The molecule has 0 aliphatic heterocycles. The molecule has 1 rings (SSSR count). The highest BCUT2D eigenvalue weighted by atomic mass is 16.5. The minimum Gasteiger partial charge on any atom is -0.696 e. The normalized spacial score (nSPS) is 11.0. The van der Waals surface area contributed by atoms with Gasteiger partial charge in [-0.3, -0.25) is 0 Å². The molecule has 0 unspecified atom stereocenters. The summed E-state index contributed by atoms with van der Waals surface area (Å²) in [5.41, 5.74) is 3.27. The number of hydrogen-bond donors (Lipinski definition) is 1. The van der Waals surface area contributed by atoms with Gasteiger partial charge in [0.1, 0.15) is 12.6 Å². The van der Waals surface area contributed by atoms with Crippen LogP contribution in [-0.4, -0.2) is 24.5 Å². The van der Waals surface area contributed by atoms with Gasteiger partial charge < -0.3 is 9.94 Å². The van der Waals surface area contributed by atoms with Crippen LogP contribution >= 0.6 is 0 Å². The van der Waals surface area contributed by atoms with E-state index < -0.39 is 5.97 Å². The summed E-state index contributed by atoms with van der Waals surface area (Å²) in [5.74, 6) is -0.450. The minimum absolute atomic E-state index is 0.297. The molecule has 0 aromatic heterocycles. The number of ether oxygens (including phenoxy) is 1. The molecule has 0 fully saturated rings. The van der Waals surface area contributed by atoms with Gasteiger partial charge in [-0.1, -0.05) is 12.1 Å². The fraction of sp³-hybridized carbons (Fsp3) is 0.300. The van der Waals surface area contributed by atoms with Crippen LogP contribution in [0.2, 0.25) is 0 Å². The second-order valence-electron chi connectivity index (χ2n) is 2.94. The maximum atomic E-state index is 11.5. The van der Waals surface area contributed by atoms with E-state index in [2.05, 4.69) is 10.6 Å². The van der Waals surface area contributed by atoms with Gasteiger partial charge in [-0.2, -0.15) is 4.86 Å². The Morgan fingerprint density at radius 1 is 1.56 bits per heavy atom. The molecule has 0 bridgehead atoms. The zero-order chi connectivity index (χ0) is 12.0. The largest absolute Gasteiger partial charge is 0.696 e. The van der Waals surface area contributed by atoms with Crippen molar-refractivity contribution in [3.63, 3.8) is 0 Å². The van der Waals surface area contributed by atoms with E-state index in [-0.39, 0.29) is 0 Å². The van der Waals surface area contributed by atoms with Crippen LogP contribution in [0.3, 0.4) is 0 Å². The highest BCUT2D eigenvalue weighted by Gasteiger charge is 2.14. The Morgan fingerprint density at radius 2 is 2.25 bits per heavy atom. The van der Waals surface area contributed by atoms with Crippen molar-refractivity contribution in [2.45, 2.75) is 6.92 Å². The van der Waals surface area contributed by atoms with Crippen LogP contribution in [0.1, 0.15) is 17.3 Å². The maximum absolute atomic E-state index is 11.5. The summed E-state index contributed by atoms with van der Waals surface area (Å²) in [4.78, 5) is 11.9. The van der Waals surface area contributed by atoms with Gasteiger partial charge in [-0.05, 0) is 19.1 Å². The van der Waals surface area contributed by atoms with Crippen molar-refractivity contribution in [3.05, 3.63) is 35.0 Å². The minimum atomic E-state index is -0.450. The summed E-state index contributed by atoms with van der Waals surface area (Å²) in [7, 11) is 1.24.